The predicted octanol–water partition coefficient (Wildman–Crippen LogP) is 5.56. The molecule has 3 aromatic rings. The number of thioether (sulfide) groups is 1. The van der Waals surface area contributed by atoms with Crippen LogP contribution in [0.4, 0.5) is 0 Å². The van der Waals surface area contributed by atoms with Crippen LogP contribution in [-0.2, 0) is 4.79 Å². The van der Waals surface area contributed by atoms with E-state index in [2.05, 4.69) is 4.99 Å². The van der Waals surface area contributed by atoms with E-state index in [0.717, 1.165) is 27.6 Å². The molecule has 0 bridgehead atoms. The molecule has 1 amide bonds. The fourth-order valence-electron chi connectivity index (χ4n) is 2.86. The summed E-state index contributed by atoms with van der Waals surface area (Å²) in [6.07, 6.45) is 1.89. The number of nitrogens with zero attached hydrogens (tertiary/aromatic N) is 1. The number of rotatable bonds is 3. The summed E-state index contributed by atoms with van der Waals surface area (Å²) in [6, 6.07) is 19.2. The number of ether oxygens (including phenoxy) is 1. The van der Waals surface area contributed by atoms with Gasteiger partial charge in [0.25, 0.3) is 5.91 Å². The van der Waals surface area contributed by atoms with Gasteiger partial charge in [-0.15, -0.1) is 0 Å². The Morgan fingerprint density at radius 2 is 1.73 bits per heavy atom. The molecule has 0 N–H and O–H groups in total. The summed E-state index contributed by atoms with van der Waals surface area (Å²) in [5, 5.41) is 3.39. The van der Waals surface area contributed by atoms with Crippen LogP contribution in [0.25, 0.3) is 16.8 Å². The lowest BCUT2D eigenvalue weighted by molar-refractivity contribution is -0.113. The van der Waals surface area contributed by atoms with Crippen LogP contribution < -0.4 is 4.74 Å². The van der Waals surface area contributed by atoms with Gasteiger partial charge in [0.2, 0.25) is 0 Å². The van der Waals surface area contributed by atoms with Crippen LogP contribution in [0.15, 0.2) is 70.6 Å². The SMILES string of the molecule is COc1ccc(/C=C2\SC(c3ccc(Cl)cc3)=NC2=O)c2ccccc12. The quantitative estimate of drug-likeness (QED) is 0.559. The van der Waals surface area contributed by atoms with Gasteiger partial charge in [-0.05, 0) is 35.2 Å². The van der Waals surface area contributed by atoms with Crippen LogP contribution in [0.1, 0.15) is 11.1 Å². The summed E-state index contributed by atoms with van der Waals surface area (Å²) in [6.45, 7) is 0. The molecule has 0 aromatic heterocycles. The molecule has 0 radical (unpaired) electrons. The Hall–Kier alpha value is -2.56. The molecule has 0 saturated carbocycles. The van der Waals surface area contributed by atoms with Crippen LogP contribution in [0.3, 0.4) is 0 Å². The fourth-order valence-corrected chi connectivity index (χ4v) is 3.90. The molecule has 26 heavy (non-hydrogen) atoms. The van der Waals surface area contributed by atoms with Gasteiger partial charge in [0.15, 0.2) is 0 Å². The van der Waals surface area contributed by atoms with Crippen molar-refractivity contribution in [1.29, 1.82) is 0 Å². The van der Waals surface area contributed by atoms with Crippen LogP contribution in [0.2, 0.25) is 5.02 Å². The molecule has 0 spiro atoms. The lowest BCUT2D eigenvalue weighted by atomic mass is 10.0. The minimum atomic E-state index is -0.222. The minimum Gasteiger partial charge on any atom is -0.496 e. The van der Waals surface area contributed by atoms with E-state index in [9.17, 15) is 4.79 Å². The maximum Gasteiger partial charge on any atom is 0.284 e. The van der Waals surface area contributed by atoms with Crippen LogP contribution in [0.5, 0.6) is 5.75 Å². The Kier molecular flexibility index (Phi) is 4.53. The summed E-state index contributed by atoms with van der Waals surface area (Å²) in [5.74, 6) is 0.589. The van der Waals surface area contributed by atoms with Crippen molar-refractivity contribution in [2.45, 2.75) is 0 Å². The molecular formula is C21H14ClNO2S. The zero-order valence-corrected chi connectivity index (χ0v) is 15.5. The van der Waals surface area contributed by atoms with Crippen molar-refractivity contribution in [3.05, 3.63) is 81.7 Å². The largest absolute Gasteiger partial charge is 0.496 e. The van der Waals surface area contributed by atoms with Crippen molar-refractivity contribution in [3.8, 4) is 5.75 Å². The van der Waals surface area contributed by atoms with E-state index in [-0.39, 0.29) is 5.91 Å². The van der Waals surface area contributed by atoms with Gasteiger partial charge >= 0.3 is 0 Å². The third kappa shape index (κ3) is 3.14. The smallest absolute Gasteiger partial charge is 0.284 e. The number of amides is 1. The maximum absolute atomic E-state index is 12.4. The van der Waals surface area contributed by atoms with Crippen molar-refractivity contribution < 1.29 is 9.53 Å². The molecule has 1 aliphatic rings. The third-order valence-corrected chi connectivity index (χ3v) is 5.42. The Labute approximate surface area is 160 Å². The van der Waals surface area contributed by atoms with Crippen molar-refractivity contribution in [3.63, 3.8) is 0 Å². The molecule has 4 rings (SSSR count). The van der Waals surface area contributed by atoms with E-state index >= 15 is 0 Å². The minimum absolute atomic E-state index is 0.222. The number of methoxy groups -OCH3 is 1. The van der Waals surface area contributed by atoms with E-state index in [0.29, 0.717) is 15.0 Å². The standard InChI is InChI=1S/C21H14ClNO2S/c1-25-18-11-8-14(16-4-2-3-5-17(16)18)12-19-20(24)23-21(26-19)13-6-9-15(22)10-7-13/h2-12H,1H3/b19-12-. The molecule has 5 heteroatoms. The zero-order chi connectivity index (χ0) is 18.1. The number of aliphatic imine (C=N–C) groups is 1. The molecular weight excluding hydrogens is 366 g/mol. The van der Waals surface area contributed by atoms with Crippen LogP contribution >= 0.6 is 23.4 Å². The number of carbonyl (C=O) groups is 1. The molecule has 0 fully saturated rings. The highest BCUT2D eigenvalue weighted by molar-refractivity contribution is 8.19. The monoisotopic (exact) mass is 379 g/mol. The maximum atomic E-state index is 12.4. The molecule has 1 heterocycles. The number of halogens is 1. The first-order valence-electron chi connectivity index (χ1n) is 8.00. The topological polar surface area (TPSA) is 38.7 Å². The van der Waals surface area contributed by atoms with Gasteiger partial charge in [0.1, 0.15) is 10.8 Å². The molecule has 128 valence electrons. The third-order valence-electron chi connectivity index (χ3n) is 4.14. The average molecular weight is 380 g/mol. The number of carbonyl (C=O) groups excluding carboxylic acids is 1. The molecule has 0 saturated heterocycles. The Balaban J connectivity index is 1.71. The molecule has 0 atom stereocenters. The predicted molar refractivity (Wildman–Crippen MR) is 109 cm³/mol. The van der Waals surface area contributed by atoms with Gasteiger partial charge < -0.3 is 4.74 Å². The zero-order valence-electron chi connectivity index (χ0n) is 13.9. The first-order chi connectivity index (χ1) is 12.7. The summed E-state index contributed by atoms with van der Waals surface area (Å²) >= 11 is 7.31. The second-order valence-electron chi connectivity index (χ2n) is 5.74. The van der Waals surface area contributed by atoms with Gasteiger partial charge in [-0.25, -0.2) is 4.99 Å². The van der Waals surface area contributed by atoms with E-state index in [1.807, 2.05) is 54.6 Å². The molecule has 0 aliphatic carbocycles. The first kappa shape index (κ1) is 16.9. The second-order valence-corrected chi connectivity index (χ2v) is 7.21. The number of fused-ring (bicyclic) bond motifs is 1. The number of benzene rings is 3. The van der Waals surface area contributed by atoms with E-state index in [1.165, 1.54) is 11.8 Å². The van der Waals surface area contributed by atoms with Crippen LogP contribution in [-0.4, -0.2) is 18.1 Å². The lowest BCUT2D eigenvalue weighted by Crippen LogP contribution is -1.90. The Morgan fingerprint density at radius 1 is 1.00 bits per heavy atom. The van der Waals surface area contributed by atoms with Gasteiger partial charge in [0.05, 0.1) is 12.0 Å². The lowest BCUT2D eigenvalue weighted by Gasteiger charge is -2.08. The van der Waals surface area contributed by atoms with Crippen molar-refractivity contribution in [2.75, 3.05) is 7.11 Å². The van der Waals surface area contributed by atoms with E-state index in [4.69, 9.17) is 16.3 Å². The Morgan fingerprint density at radius 3 is 2.46 bits per heavy atom. The second kappa shape index (κ2) is 6.98. The normalized spacial score (nSPS) is 15.5. The Bertz CT molecular complexity index is 1070. The van der Waals surface area contributed by atoms with Gasteiger partial charge in [0, 0.05) is 16.0 Å². The van der Waals surface area contributed by atoms with Gasteiger partial charge in [-0.3, -0.25) is 4.79 Å². The van der Waals surface area contributed by atoms with Crippen molar-refractivity contribution >= 4 is 51.2 Å². The summed E-state index contributed by atoms with van der Waals surface area (Å²) in [4.78, 5) is 17.1. The summed E-state index contributed by atoms with van der Waals surface area (Å²) in [5.41, 5.74) is 1.85. The van der Waals surface area contributed by atoms with Crippen molar-refractivity contribution in [1.82, 2.24) is 0 Å². The summed E-state index contributed by atoms with van der Waals surface area (Å²) < 4.78 is 5.43. The van der Waals surface area contributed by atoms with E-state index < -0.39 is 0 Å². The fraction of sp³-hybridized carbons (Fsp3) is 0.0476. The molecule has 3 nitrogen and oxygen atoms in total. The van der Waals surface area contributed by atoms with Gasteiger partial charge in [-0.1, -0.05) is 65.8 Å². The highest BCUT2D eigenvalue weighted by atomic mass is 35.5. The molecule has 1 aliphatic heterocycles. The highest BCUT2D eigenvalue weighted by Gasteiger charge is 2.23. The molecule has 3 aromatic carbocycles. The van der Waals surface area contributed by atoms with Gasteiger partial charge in [-0.2, -0.15) is 0 Å². The first-order valence-corrected chi connectivity index (χ1v) is 9.19. The average Bonchev–Trinajstić information content (AvgIpc) is 3.03. The van der Waals surface area contributed by atoms with Crippen LogP contribution in [0, 0.1) is 0 Å². The van der Waals surface area contributed by atoms with Crippen molar-refractivity contribution in [2.24, 2.45) is 4.99 Å². The summed E-state index contributed by atoms with van der Waals surface area (Å²) in [7, 11) is 1.66. The number of hydrogen-bond donors (Lipinski definition) is 0. The molecule has 0 unspecified atom stereocenters. The van der Waals surface area contributed by atoms with E-state index in [1.54, 1.807) is 19.2 Å². The number of hydrogen-bond acceptors (Lipinski definition) is 3. The highest BCUT2D eigenvalue weighted by Crippen LogP contribution is 2.35.